The third-order valence-corrected chi connectivity index (χ3v) is 2.51. The maximum Gasteiger partial charge on any atom is 0.217 e. The predicted molar refractivity (Wildman–Crippen MR) is 60.9 cm³/mol. The second kappa shape index (κ2) is 4.17. The van der Waals surface area contributed by atoms with E-state index >= 15 is 0 Å². The lowest BCUT2D eigenvalue weighted by Gasteiger charge is -2.09. The van der Waals surface area contributed by atoms with Gasteiger partial charge in [-0.1, -0.05) is 12.1 Å². The number of aryl methyl sites for hydroxylation is 1. The first-order valence-electron chi connectivity index (χ1n) is 4.99. The van der Waals surface area contributed by atoms with E-state index in [4.69, 9.17) is 11.0 Å². The molecule has 0 bridgehead atoms. The van der Waals surface area contributed by atoms with E-state index < -0.39 is 0 Å². The number of nitrogens with zero attached hydrogens (tertiary/aromatic N) is 3. The second-order valence-electron chi connectivity index (χ2n) is 3.56. The summed E-state index contributed by atoms with van der Waals surface area (Å²) in [6.07, 6.45) is 3.40. The molecule has 4 nitrogen and oxygen atoms in total. The monoisotopic (exact) mass is 212 g/mol. The van der Waals surface area contributed by atoms with Crippen molar-refractivity contribution in [1.82, 2.24) is 9.55 Å². The van der Waals surface area contributed by atoms with E-state index in [1.54, 1.807) is 17.0 Å². The van der Waals surface area contributed by atoms with Crippen LogP contribution in [0.4, 0.5) is 0 Å². The molecule has 80 valence electrons. The summed E-state index contributed by atoms with van der Waals surface area (Å²) >= 11 is 0. The average molecular weight is 212 g/mol. The van der Waals surface area contributed by atoms with Crippen LogP contribution in [0.15, 0.2) is 30.6 Å². The van der Waals surface area contributed by atoms with Crippen molar-refractivity contribution in [3.63, 3.8) is 0 Å². The van der Waals surface area contributed by atoms with Gasteiger partial charge in [0.25, 0.3) is 0 Å². The highest BCUT2D eigenvalue weighted by Crippen LogP contribution is 2.17. The van der Waals surface area contributed by atoms with Crippen molar-refractivity contribution in [3.05, 3.63) is 47.5 Å². The summed E-state index contributed by atoms with van der Waals surface area (Å²) in [4.78, 5) is 3.98. The zero-order valence-electron chi connectivity index (χ0n) is 9.01. The average Bonchev–Trinajstić information content (AvgIpc) is 2.77. The number of nitriles is 1. The molecule has 4 heteroatoms. The van der Waals surface area contributed by atoms with Crippen molar-refractivity contribution < 1.29 is 0 Å². The van der Waals surface area contributed by atoms with E-state index in [9.17, 15) is 0 Å². The fraction of sp³-hybridized carbons (Fsp3) is 0.167. The standard InChI is InChI=1S/C12H12N4/c1-9-2-3-10(7-13)6-11(9)16-5-4-15-12(16)8-14/h2-6H,7,13H2,1H3. The molecular weight excluding hydrogens is 200 g/mol. The van der Waals surface area contributed by atoms with Crippen LogP contribution in [0.2, 0.25) is 0 Å². The van der Waals surface area contributed by atoms with Gasteiger partial charge in [0.15, 0.2) is 0 Å². The van der Waals surface area contributed by atoms with E-state index in [0.29, 0.717) is 12.4 Å². The Kier molecular flexibility index (Phi) is 2.71. The topological polar surface area (TPSA) is 67.6 Å². The first-order chi connectivity index (χ1) is 7.76. The molecule has 1 aromatic heterocycles. The van der Waals surface area contributed by atoms with Crippen LogP contribution in [-0.2, 0) is 6.54 Å². The van der Waals surface area contributed by atoms with Crippen LogP contribution in [0.25, 0.3) is 5.69 Å². The number of hydrogen-bond donors (Lipinski definition) is 1. The predicted octanol–water partition coefficient (Wildman–Crippen LogP) is 1.51. The summed E-state index contributed by atoms with van der Waals surface area (Å²) in [5.74, 6) is 0.386. The smallest absolute Gasteiger partial charge is 0.217 e. The molecule has 2 rings (SSSR count). The van der Waals surface area contributed by atoms with E-state index in [-0.39, 0.29) is 0 Å². The van der Waals surface area contributed by atoms with Crippen LogP contribution in [-0.4, -0.2) is 9.55 Å². The third kappa shape index (κ3) is 1.69. The van der Waals surface area contributed by atoms with E-state index in [2.05, 4.69) is 11.1 Å². The van der Waals surface area contributed by atoms with Crippen LogP contribution in [0.3, 0.4) is 0 Å². The molecule has 1 aromatic carbocycles. The van der Waals surface area contributed by atoms with Crippen molar-refractivity contribution in [1.29, 1.82) is 5.26 Å². The largest absolute Gasteiger partial charge is 0.326 e. The number of imidazole rings is 1. The van der Waals surface area contributed by atoms with Crippen molar-refractivity contribution in [3.8, 4) is 11.8 Å². The Labute approximate surface area is 94.0 Å². The van der Waals surface area contributed by atoms with Crippen LogP contribution >= 0.6 is 0 Å². The lowest BCUT2D eigenvalue weighted by Crippen LogP contribution is -2.02. The minimum atomic E-state index is 0.386. The number of nitrogens with two attached hydrogens (primary N) is 1. The van der Waals surface area contributed by atoms with Crippen molar-refractivity contribution >= 4 is 0 Å². The molecule has 1 heterocycles. The molecule has 0 aliphatic carbocycles. The van der Waals surface area contributed by atoms with Gasteiger partial charge in [-0.25, -0.2) is 4.98 Å². The Morgan fingerprint density at radius 3 is 3.00 bits per heavy atom. The van der Waals surface area contributed by atoms with Crippen LogP contribution in [0, 0.1) is 18.3 Å². The SMILES string of the molecule is Cc1ccc(CN)cc1-n1ccnc1C#N. The van der Waals surface area contributed by atoms with E-state index in [0.717, 1.165) is 16.8 Å². The Balaban J connectivity index is 2.60. The fourth-order valence-electron chi connectivity index (χ4n) is 1.62. The summed E-state index contributed by atoms with van der Waals surface area (Å²) < 4.78 is 1.77. The fourth-order valence-corrected chi connectivity index (χ4v) is 1.62. The zero-order chi connectivity index (χ0) is 11.5. The third-order valence-electron chi connectivity index (χ3n) is 2.51. The number of rotatable bonds is 2. The second-order valence-corrected chi connectivity index (χ2v) is 3.56. The molecule has 0 aliphatic rings. The van der Waals surface area contributed by atoms with Gasteiger partial charge in [0.05, 0.1) is 5.69 Å². The Morgan fingerprint density at radius 1 is 1.50 bits per heavy atom. The molecule has 0 radical (unpaired) electrons. The van der Waals surface area contributed by atoms with Crippen LogP contribution < -0.4 is 5.73 Å². The van der Waals surface area contributed by atoms with Crippen LogP contribution in [0.1, 0.15) is 17.0 Å². The highest BCUT2D eigenvalue weighted by molar-refractivity contribution is 5.45. The normalized spacial score (nSPS) is 10.1. The number of aromatic nitrogens is 2. The molecule has 0 spiro atoms. The van der Waals surface area contributed by atoms with E-state index in [1.165, 1.54) is 0 Å². The van der Waals surface area contributed by atoms with Gasteiger partial charge < -0.3 is 5.73 Å². The Bertz CT molecular complexity index is 548. The quantitative estimate of drug-likeness (QED) is 0.820. The zero-order valence-corrected chi connectivity index (χ0v) is 9.01. The highest BCUT2D eigenvalue weighted by atomic mass is 15.1. The molecule has 0 amide bonds. The van der Waals surface area contributed by atoms with Gasteiger partial charge in [0.2, 0.25) is 5.82 Å². The van der Waals surface area contributed by atoms with Gasteiger partial charge in [-0.15, -0.1) is 0 Å². The molecule has 0 unspecified atom stereocenters. The molecule has 2 N–H and O–H groups in total. The van der Waals surface area contributed by atoms with Gasteiger partial charge in [-0.2, -0.15) is 5.26 Å². The molecule has 0 saturated carbocycles. The molecule has 16 heavy (non-hydrogen) atoms. The van der Waals surface area contributed by atoms with Crippen molar-refractivity contribution in [2.24, 2.45) is 5.73 Å². The summed E-state index contributed by atoms with van der Waals surface area (Å²) in [6, 6.07) is 8.03. The minimum Gasteiger partial charge on any atom is -0.326 e. The van der Waals surface area contributed by atoms with Gasteiger partial charge in [0, 0.05) is 18.9 Å². The highest BCUT2D eigenvalue weighted by Gasteiger charge is 2.07. The van der Waals surface area contributed by atoms with Crippen molar-refractivity contribution in [2.45, 2.75) is 13.5 Å². The minimum absolute atomic E-state index is 0.386. The molecule has 0 aliphatic heterocycles. The Hall–Kier alpha value is -2.12. The summed E-state index contributed by atoms with van der Waals surface area (Å²) in [6.45, 7) is 2.49. The summed E-state index contributed by atoms with van der Waals surface area (Å²) in [7, 11) is 0. The molecule has 0 saturated heterocycles. The van der Waals surface area contributed by atoms with Gasteiger partial charge in [0.1, 0.15) is 6.07 Å². The lowest BCUT2D eigenvalue weighted by molar-refractivity contribution is 0.988. The van der Waals surface area contributed by atoms with Crippen LogP contribution in [0.5, 0.6) is 0 Å². The Morgan fingerprint density at radius 2 is 2.31 bits per heavy atom. The van der Waals surface area contributed by atoms with Gasteiger partial charge in [-0.3, -0.25) is 4.57 Å². The maximum absolute atomic E-state index is 8.93. The lowest BCUT2D eigenvalue weighted by atomic mass is 10.1. The summed E-state index contributed by atoms with van der Waals surface area (Å²) in [5, 5.41) is 8.93. The number of benzene rings is 1. The number of hydrogen-bond acceptors (Lipinski definition) is 3. The molecule has 0 fully saturated rings. The maximum atomic E-state index is 8.93. The van der Waals surface area contributed by atoms with Crippen molar-refractivity contribution in [2.75, 3.05) is 0 Å². The van der Waals surface area contributed by atoms with Gasteiger partial charge in [-0.05, 0) is 24.1 Å². The molecular formula is C12H12N4. The first-order valence-corrected chi connectivity index (χ1v) is 4.99. The molecule has 0 atom stereocenters. The summed E-state index contributed by atoms with van der Waals surface area (Å²) in [5.41, 5.74) is 8.69. The van der Waals surface area contributed by atoms with E-state index in [1.807, 2.05) is 25.1 Å². The first kappa shape index (κ1) is 10.4. The molecule has 2 aromatic rings. The van der Waals surface area contributed by atoms with Gasteiger partial charge >= 0.3 is 0 Å².